The lowest BCUT2D eigenvalue weighted by Crippen LogP contribution is -2.48. The van der Waals surface area contributed by atoms with Gasteiger partial charge in [0.15, 0.2) is 16.6 Å². The Hall–Kier alpha value is -2.26. The van der Waals surface area contributed by atoms with Crippen LogP contribution in [0.5, 0.6) is 17.2 Å². The zero-order chi connectivity index (χ0) is 21.3. The van der Waals surface area contributed by atoms with Gasteiger partial charge in [-0.2, -0.15) is 0 Å². The fraction of sp³-hybridized carbons (Fsp3) is 0.333. The maximum absolute atomic E-state index is 13.4. The molecule has 0 fully saturated rings. The maximum atomic E-state index is 13.4. The Morgan fingerprint density at radius 3 is 2.68 bits per heavy atom. The van der Waals surface area contributed by atoms with Gasteiger partial charge in [0.2, 0.25) is 6.10 Å². The largest absolute Gasteiger partial charge is 0.494 e. The van der Waals surface area contributed by atoms with E-state index in [-0.39, 0.29) is 24.9 Å². The van der Waals surface area contributed by atoms with Crippen LogP contribution in [0.2, 0.25) is 5.02 Å². The Bertz CT molecular complexity index is 1080. The van der Waals surface area contributed by atoms with Crippen LogP contribution in [-0.2, 0) is 4.79 Å². The van der Waals surface area contributed by atoms with E-state index in [2.05, 4.69) is 4.98 Å². The topological polar surface area (TPSA) is 64.1 Å². The molecule has 3 aromatic rings. The van der Waals surface area contributed by atoms with Crippen LogP contribution in [0.4, 0.5) is 5.13 Å². The van der Waals surface area contributed by atoms with Crippen molar-refractivity contribution in [3.63, 3.8) is 0 Å². The summed E-state index contributed by atoms with van der Waals surface area (Å²) >= 11 is 7.73. The molecule has 0 saturated heterocycles. The molecule has 1 unspecified atom stereocenters. The summed E-state index contributed by atoms with van der Waals surface area (Å²) in [6.45, 7) is 1.26. The molecule has 166 valence electrons. The van der Waals surface area contributed by atoms with Crippen molar-refractivity contribution in [1.29, 1.82) is 0 Å². The number of ether oxygens (including phenoxy) is 3. The van der Waals surface area contributed by atoms with Gasteiger partial charge in [0, 0.05) is 13.1 Å². The first kappa shape index (κ1) is 23.4. The van der Waals surface area contributed by atoms with Crippen LogP contribution >= 0.6 is 35.3 Å². The van der Waals surface area contributed by atoms with E-state index in [1.807, 2.05) is 37.2 Å². The summed E-state index contributed by atoms with van der Waals surface area (Å²) in [4.78, 5) is 21.8. The first-order valence-corrected chi connectivity index (χ1v) is 10.6. The van der Waals surface area contributed by atoms with E-state index < -0.39 is 6.10 Å². The molecule has 31 heavy (non-hydrogen) atoms. The number of carbonyl (C=O) groups is 1. The zero-order valence-electron chi connectivity index (χ0n) is 17.3. The molecule has 1 aromatic heterocycles. The van der Waals surface area contributed by atoms with E-state index in [4.69, 9.17) is 25.8 Å². The highest BCUT2D eigenvalue weighted by molar-refractivity contribution is 7.23. The van der Waals surface area contributed by atoms with Crippen LogP contribution in [0.1, 0.15) is 0 Å². The lowest BCUT2D eigenvalue weighted by molar-refractivity contribution is -0.127. The van der Waals surface area contributed by atoms with Crippen molar-refractivity contribution in [3.05, 3.63) is 41.4 Å². The minimum Gasteiger partial charge on any atom is -0.494 e. The van der Waals surface area contributed by atoms with Crippen molar-refractivity contribution in [2.75, 3.05) is 45.8 Å². The summed E-state index contributed by atoms with van der Waals surface area (Å²) in [5.74, 6) is 1.60. The highest BCUT2D eigenvalue weighted by Gasteiger charge is 2.33. The monoisotopic (exact) mass is 483 g/mol. The van der Waals surface area contributed by atoms with Crippen molar-refractivity contribution in [2.24, 2.45) is 0 Å². The number of benzene rings is 2. The number of anilines is 1. The normalized spacial score (nSPS) is 14.9. The Labute approximate surface area is 195 Å². The molecule has 0 bridgehead atoms. The number of methoxy groups -OCH3 is 1. The van der Waals surface area contributed by atoms with E-state index >= 15 is 0 Å². The average Bonchev–Trinajstić information content (AvgIpc) is 3.19. The summed E-state index contributed by atoms with van der Waals surface area (Å²) in [7, 11) is 5.50. The van der Waals surface area contributed by atoms with Gasteiger partial charge in [-0.1, -0.05) is 35.1 Å². The van der Waals surface area contributed by atoms with Gasteiger partial charge in [-0.15, -0.1) is 12.4 Å². The van der Waals surface area contributed by atoms with E-state index in [9.17, 15) is 4.79 Å². The van der Waals surface area contributed by atoms with Gasteiger partial charge in [0.05, 0.1) is 16.8 Å². The second kappa shape index (κ2) is 9.91. The number of amides is 1. The SMILES string of the molecule is COc1ccc(Cl)c2sc(N(CCN(C)C)C(=O)C3COc4ccccc4O3)nc12.Cl. The highest BCUT2D eigenvalue weighted by atomic mass is 35.5. The molecule has 0 aliphatic carbocycles. The number of nitrogens with zero attached hydrogens (tertiary/aromatic N) is 3. The van der Waals surface area contributed by atoms with Gasteiger partial charge in [-0.05, 0) is 38.4 Å². The van der Waals surface area contributed by atoms with Crippen LogP contribution in [0.3, 0.4) is 0 Å². The molecule has 0 spiro atoms. The molecular formula is C21H23Cl2N3O4S. The number of para-hydroxylation sites is 2. The Kier molecular flexibility index (Phi) is 7.48. The van der Waals surface area contributed by atoms with Crippen molar-refractivity contribution in [3.8, 4) is 17.2 Å². The van der Waals surface area contributed by atoms with Crippen LogP contribution in [-0.4, -0.2) is 62.8 Å². The number of thiazole rings is 1. The Morgan fingerprint density at radius 1 is 1.23 bits per heavy atom. The molecule has 1 aliphatic rings. The van der Waals surface area contributed by atoms with E-state index in [0.717, 1.165) is 4.70 Å². The first-order chi connectivity index (χ1) is 14.5. The summed E-state index contributed by atoms with van der Waals surface area (Å²) < 4.78 is 17.9. The number of hydrogen-bond acceptors (Lipinski definition) is 7. The molecule has 4 rings (SSSR count). The summed E-state index contributed by atoms with van der Waals surface area (Å²) in [6, 6.07) is 10.9. The maximum Gasteiger partial charge on any atom is 0.273 e. The predicted molar refractivity (Wildman–Crippen MR) is 126 cm³/mol. The minimum atomic E-state index is -0.758. The predicted octanol–water partition coefficient (Wildman–Crippen LogP) is 4.11. The van der Waals surface area contributed by atoms with E-state index in [1.54, 1.807) is 30.2 Å². The molecule has 0 saturated carbocycles. The Balaban J connectivity index is 0.00000272. The third kappa shape index (κ3) is 4.82. The molecular weight excluding hydrogens is 461 g/mol. The van der Waals surface area contributed by atoms with Crippen molar-refractivity contribution < 1.29 is 19.0 Å². The lowest BCUT2D eigenvalue weighted by Gasteiger charge is -2.30. The van der Waals surface area contributed by atoms with Crippen molar-refractivity contribution in [1.82, 2.24) is 9.88 Å². The molecule has 1 amide bonds. The Morgan fingerprint density at radius 2 is 1.97 bits per heavy atom. The fourth-order valence-electron chi connectivity index (χ4n) is 3.14. The highest BCUT2D eigenvalue weighted by Crippen LogP contribution is 2.39. The summed E-state index contributed by atoms with van der Waals surface area (Å²) in [5.41, 5.74) is 0.638. The first-order valence-electron chi connectivity index (χ1n) is 9.45. The van der Waals surface area contributed by atoms with Gasteiger partial charge >= 0.3 is 0 Å². The van der Waals surface area contributed by atoms with Gasteiger partial charge in [0.1, 0.15) is 17.9 Å². The van der Waals surface area contributed by atoms with Gasteiger partial charge in [-0.25, -0.2) is 4.98 Å². The number of likely N-dealkylation sites (N-methyl/N-ethyl adjacent to an activating group) is 1. The van der Waals surface area contributed by atoms with Crippen LogP contribution in [0.25, 0.3) is 10.2 Å². The number of fused-ring (bicyclic) bond motifs is 2. The fourth-order valence-corrected chi connectivity index (χ4v) is 4.42. The van der Waals surface area contributed by atoms with Crippen LogP contribution < -0.4 is 19.1 Å². The van der Waals surface area contributed by atoms with Gasteiger partial charge in [-0.3, -0.25) is 9.69 Å². The number of aromatic nitrogens is 1. The standard InChI is InChI=1S/C21H22ClN3O4S.ClH/c1-24(2)10-11-25(20(26)17-12-28-14-6-4-5-7-15(14)29-17)21-23-18-16(27-3)9-8-13(22)19(18)30-21;/h4-9,17H,10-12H2,1-3H3;1H. The second-order valence-corrected chi connectivity index (χ2v) is 8.47. The van der Waals surface area contributed by atoms with Crippen LogP contribution in [0, 0.1) is 0 Å². The molecule has 0 radical (unpaired) electrons. The van der Waals surface area contributed by atoms with Crippen molar-refractivity contribution >= 4 is 56.6 Å². The smallest absolute Gasteiger partial charge is 0.273 e. The summed E-state index contributed by atoms with van der Waals surface area (Å²) in [6.07, 6.45) is -0.758. The second-order valence-electron chi connectivity index (χ2n) is 7.08. The average molecular weight is 484 g/mol. The van der Waals surface area contributed by atoms with Crippen LogP contribution in [0.15, 0.2) is 36.4 Å². The van der Waals surface area contributed by atoms with E-state index in [0.29, 0.717) is 46.0 Å². The van der Waals surface area contributed by atoms with E-state index in [1.165, 1.54) is 11.3 Å². The molecule has 1 atom stereocenters. The molecule has 1 aliphatic heterocycles. The van der Waals surface area contributed by atoms with Crippen molar-refractivity contribution in [2.45, 2.75) is 6.10 Å². The molecule has 0 N–H and O–H groups in total. The van der Waals surface area contributed by atoms with Gasteiger partial charge < -0.3 is 19.1 Å². The third-order valence-electron chi connectivity index (χ3n) is 4.72. The number of halogens is 2. The number of rotatable bonds is 6. The number of hydrogen-bond donors (Lipinski definition) is 0. The minimum absolute atomic E-state index is 0. The molecule has 2 heterocycles. The third-order valence-corrected chi connectivity index (χ3v) is 6.26. The summed E-state index contributed by atoms with van der Waals surface area (Å²) in [5, 5.41) is 1.12. The number of carbonyl (C=O) groups excluding carboxylic acids is 1. The lowest BCUT2D eigenvalue weighted by atomic mass is 10.2. The molecule has 10 heteroatoms. The quantitative estimate of drug-likeness (QED) is 0.525. The molecule has 2 aromatic carbocycles. The zero-order valence-corrected chi connectivity index (χ0v) is 19.7. The molecule has 7 nitrogen and oxygen atoms in total. The van der Waals surface area contributed by atoms with Gasteiger partial charge in [0.25, 0.3) is 5.91 Å².